The molecule has 64 valence electrons. The first-order valence-corrected chi connectivity index (χ1v) is 3.81. The molecule has 0 amide bonds. The van der Waals surface area contributed by atoms with Crippen LogP contribution >= 0.6 is 23.2 Å². The number of halogens is 3. The predicted octanol–water partition coefficient (Wildman–Crippen LogP) is 3.66. The van der Waals surface area contributed by atoms with E-state index in [9.17, 15) is 4.39 Å². The van der Waals surface area contributed by atoms with Gasteiger partial charge in [0, 0.05) is 0 Å². The van der Waals surface area contributed by atoms with Crippen LogP contribution < -0.4 is 0 Å². The van der Waals surface area contributed by atoms with Crippen molar-refractivity contribution in [1.82, 2.24) is 0 Å². The van der Waals surface area contributed by atoms with Gasteiger partial charge < -0.3 is 5.11 Å². The number of aliphatic hydroxyl groups is 1. The molecule has 0 spiro atoms. The Balaban J connectivity index is 3.43. The van der Waals surface area contributed by atoms with Gasteiger partial charge in [0.25, 0.3) is 0 Å². The largest absolute Gasteiger partial charge is 0.508 e. The van der Waals surface area contributed by atoms with E-state index < -0.39 is 5.82 Å². The second-order valence-corrected chi connectivity index (χ2v) is 2.95. The van der Waals surface area contributed by atoms with Crippen LogP contribution in [0.2, 0.25) is 10.0 Å². The Kier molecular flexibility index (Phi) is 2.60. The van der Waals surface area contributed by atoms with E-state index in [2.05, 4.69) is 6.58 Å². The molecule has 0 bridgehead atoms. The molecule has 0 aliphatic rings. The summed E-state index contributed by atoms with van der Waals surface area (Å²) in [6.07, 6.45) is 0. The van der Waals surface area contributed by atoms with Crippen LogP contribution in [0.15, 0.2) is 18.7 Å². The number of benzene rings is 1. The molecule has 0 saturated carbocycles. The van der Waals surface area contributed by atoms with Gasteiger partial charge in [-0.05, 0) is 12.1 Å². The van der Waals surface area contributed by atoms with Gasteiger partial charge in [0.05, 0.1) is 15.6 Å². The third kappa shape index (κ3) is 1.54. The normalized spacial score (nSPS) is 9.92. The quantitative estimate of drug-likeness (QED) is 0.550. The average molecular weight is 207 g/mol. The molecule has 1 rings (SSSR count). The Morgan fingerprint density at radius 2 is 2.00 bits per heavy atom. The van der Waals surface area contributed by atoms with Gasteiger partial charge in [0.15, 0.2) is 0 Å². The van der Waals surface area contributed by atoms with Crippen molar-refractivity contribution in [3.8, 4) is 0 Å². The summed E-state index contributed by atoms with van der Waals surface area (Å²) in [7, 11) is 0. The maximum atomic E-state index is 12.8. The molecule has 0 saturated heterocycles. The second kappa shape index (κ2) is 3.33. The van der Waals surface area contributed by atoms with E-state index >= 15 is 0 Å². The van der Waals surface area contributed by atoms with Gasteiger partial charge in [-0.2, -0.15) is 0 Å². The molecular weight excluding hydrogens is 202 g/mol. The molecule has 0 fully saturated rings. The van der Waals surface area contributed by atoms with Gasteiger partial charge in [-0.3, -0.25) is 0 Å². The van der Waals surface area contributed by atoms with E-state index in [1.807, 2.05) is 0 Å². The third-order valence-electron chi connectivity index (χ3n) is 1.33. The van der Waals surface area contributed by atoms with Crippen LogP contribution in [0.4, 0.5) is 4.39 Å². The molecule has 0 heterocycles. The van der Waals surface area contributed by atoms with Gasteiger partial charge in [0.2, 0.25) is 0 Å². The van der Waals surface area contributed by atoms with E-state index in [0.717, 1.165) is 6.07 Å². The van der Waals surface area contributed by atoms with Gasteiger partial charge in [-0.1, -0.05) is 29.8 Å². The molecule has 1 aromatic carbocycles. The van der Waals surface area contributed by atoms with Crippen molar-refractivity contribution in [2.75, 3.05) is 0 Å². The van der Waals surface area contributed by atoms with Crippen LogP contribution in [-0.2, 0) is 0 Å². The molecule has 0 aromatic heterocycles. The van der Waals surface area contributed by atoms with Gasteiger partial charge >= 0.3 is 0 Å². The highest BCUT2D eigenvalue weighted by Crippen LogP contribution is 2.30. The zero-order valence-electron chi connectivity index (χ0n) is 5.94. The van der Waals surface area contributed by atoms with E-state index in [0.29, 0.717) is 0 Å². The molecular formula is C8H5Cl2FO. The summed E-state index contributed by atoms with van der Waals surface area (Å²) in [5, 5.41) is 8.94. The Labute approximate surface area is 79.0 Å². The van der Waals surface area contributed by atoms with E-state index in [4.69, 9.17) is 28.3 Å². The fourth-order valence-corrected chi connectivity index (χ4v) is 1.38. The van der Waals surface area contributed by atoms with Gasteiger partial charge in [-0.15, -0.1) is 0 Å². The van der Waals surface area contributed by atoms with Crippen molar-refractivity contribution >= 4 is 29.0 Å². The molecule has 1 aromatic rings. The SMILES string of the molecule is C=C(O)c1c(Cl)ccc(F)c1Cl. The minimum absolute atomic E-state index is 0.0401. The number of hydrogen-bond acceptors (Lipinski definition) is 1. The smallest absolute Gasteiger partial charge is 0.142 e. The first-order chi connectivity index (χ1) is 5.54. The Bertz CT molecular complexity index is 336. The minimum Gasteiger partial charge on any atom is -0.508 e. The molecule has 4 heteroatoms. The van der Waals surface area contributed by atoms with Gasteiger partial charge in [-0.25, -0.2) is 4.39 Å². The fourth-order valence-electron chi connectivity index (χ4n) is 0.792. The number of hydrogen-bond donors (Lipinski definition) is 1. The Hall–Kier alpha value is -0.730. The summed E-state index contributed by atoms with van der Waals surface area (Å²) < 4.78 is 12.8. The third-order valence-corrected chi connectivity index (χ3v) is 2.02. The fraction of sp³-hybridized carbons (Fsp3) is 0. The van der Waals surface area contributed by atoms with Crippen molar-refractivity contribution in [2.24, 2.45) is 0 Å². The Morgan fingerprint density at radius 3 is 2.42 bits per heavy atom. The maximum Gasteiger partial charge on any atom is 0.142 e. The van der Waals surface area contributed by atoms with E-state index in [-0.39, 0.29) is 21.4 Å². The lowest BCUT2D eigenvalue weighted by Crippen LogP contribution is -1.88. The van der Waals surface area contributed by atoms with Crippen molar-refractivity contribution in [3.63, 3.8) is 0 Å². The zero-order chi connectivity index (χ0) is 9.30. The molecule has 12 heavy (non-hydrogen) atoms. The molecule has 0 unspecified atom stereocenters. The highest BCUT2D eigenvalue weighted by atomic mass is 35.5. The lowest BCUT2D eigenvalue weighted by atomic mass is 10.2. The lowest BCUT2D eigenvalue weighted by Gasteiger charge is -2.04. The molecule has 1 nitrogen and oxygen atoms in total. The number of rotatable bonds is 1. The van der Waals surface area contributed by atoms with E-state index in [1.165, 1.54) is 6.07 Å². The summed E-state index contributed by atoms with van der Waals surface area (Å²) in [6, 6.07) is 2.43. The van der Waals surface area contributed by atoms with Crippen molar-refractivity contribution < 1.29 is 9.50 Å². The summed E-state index contributed by atoms with van der Waals surface area (Å²) in [5.41, 5.74) is 0.0401. The average Bonchev–Trinajstić information content (AvgIpc) is 1.97. The van der Waals surface area contributed by atoms with E-state index in [1.54, 1.807) is 0 Å². The minimum atomic E-state index is -0.633. The van der Waals surface area contributed by atoms with Crippen LogP contribution in [0.25, 0.3) is 5.76 Å². The van der Waals surface area contributed by atoms with Crippen molar-refractivity contribution in [1.29, 1.82) is 0 Å². The highest BCUT2D eigenvalue weighted by molar-refractivity contribution is 6.37. The monoisotopic (exact) mass is 206 g/mol. The van der Waals surface area contributed by atoms with Crippen LogP contribution in [0, 0.1) is 5.82 Å². The van der Waals surface area contributed by atoms with Crippen LogP contribution in [0.3, 0.4) is 0 Å². The number of aliphatic hydroxyl groups excluding tert-OH is 1. The molecule has 0 aliphatic carbocycles. The first-order valence-electron chi connectivity index (χ1n) is 3.05. The summed E-state index contributed by atoms with van der Waals surface area (Å²) >= 11 is 11.1. The second-order valence-electron chi connectivity index (χ2n) is 2.16. The molecule has 0 radical (unpaired) electrons. The summed E-state index contributed by atoms with van der Waals surface area (Å²) in [4.78, 5) is 0. The zero-order valence-corrected chi connectivity index (χ0v) is 7.45. The predicted molar refractivity (Wildman–Crippen MR) is 48.1 cm³/mol. The van der Waals surface area contributed by atoms with Crippen LogP contribution in [0.5, 0.6) is 0 Å². The topological polar surface area (TPSA) is 20.2 Å². The van der Waals surface area contributed by atoms with Crippen molar-refractivity contribution in [3.05, 3.63) is 40.1 Å². The molecule has 0 atom stereocenters. The van der Waals surface area contributed by atoms with Crippen LogP contribution in [0.1, 0.15) is 5.56 Å². The highest BCUT2D eigenvalue weighted by Gasteiger charge is 2.12. The summed E-state index contributed by atoms with van der Waals surface area (Å²) in [6.45, 7) is 3.21. The summed E-state index contributed by atoms with van der Waals surface area (Å²) in [5.74, 6) is -0.976. The molecule has 0 aliphatic heterocycles. The first kappa shape index (κ1) is 9.36. The van der Waals surface area contributed by atoms with Crippen LogP contribution in [-0.4, -0.2) is 5.11 Å². The van der Waals surface area contributed by atoms with Crippen molar-refractivity contribution in [2.45, 2.75) is 0 Å². The standard InChI is InChI=1S/C8H5Cl2FO/c1-4(12)7-5(9)2-3-6(11)8(7)10/h2-3,12H,1H2. The molecule has 1 N–H and O–H groups in total. The Morgan fingerprint density at radius 1 is 1.42 bits per heavy atom. The lowest BCUT2D eigenvalue weighted by molar-refractivity contribution is 0.512. The van der Waals surface area contributed by atoms with Gasteiger partial charge in [0.1, 0.15) is 11.6 Å². The maximum absolute atomic E-state index is 12.8.